The van der Waals surface area contributed by atoms with Gasteiger partial charge in [-0.2, -0.15) is 0 Å². The molecule has 0 bridgehead atoms. The molecule has 228 valence electrons. The van der Waals surface area contributed by atoms with Crippen molar-refractivity contribution >= 4 is 37.4 Å². The minimum atomic E-state index is -2.45. The Morgan fingerprint density at radius 1 is 1.00 bits per heavy atom. The first-order chi connectivity index (χ1) is 19.7. The number of amides is 1. The standard InChI is InChI=1S/C33H44Cl2N2O4Si/c1-22(36-19-27(18-33(2,3)42(4,5)41)25-12-13-31(39)26(17-25)21-38)14-23-8-6-9-24(15-23)16-32(40)37-20-28-29(34)10-7-11-30(28)35/h6-13,15,17,22,27,36,38-39,41H,14,16,18-21H2,1-5H3,(H,37,40)/t22-,27+/m1/s1. The minimum Gasteiger partial charge on any atom is -0.508 e. The van der Waals surface area contributed by atoms with Crippen molar-refractivity contribution in [1.29, 1.82) is 0 Å². The average Bonchev–Trinajstić information content (AvgIpc) is 2.90. The first-order valence-corrected chi connectivity index (χ1v) is 18.1. The molecule has 0 heterocycles. The highest BCUT2D eigenvalue weighted by Gasteiger charge is 2.40. The van der Waals surface area contributed by atoms with E-state index in [0.717, 1.165) is 29.5 Å². The van der Waals surface area contributed by atoms with E-state index in [2.05, 4.69) is 43.5 Å². The predicted octanol–water partition coefficient (Wildman–Crippen LogP) is 6.72. The van der Waals surface area contributed by atoms with E-state index in [9.17, 15) is 19.8 Å². The molecule has 0 spiro atoms. The molecule has 3 aromatic carbocycles. The summed E-state index contributed by atoms with van der Waals surface area (Å²) in [6.07, 6.45) is 1.80. The van der Waals surface area contributed by atoms with Gasteiger partial charge in [-0.25, -0.2) is 0 Å². The van der Waals surface area contributed by atoms with Crippen LogP contribution in [0.15, 0.2) is 60.7 Å². The van der Waals surface area contributed by atoms with E-state index < -0.39 is 8.32 Å². The maximum Gasteiger partial charge on any atom is 0.224 e. The molecule has 0 unspecified atom stereocenters. The van der Waals surface area contributed by atoms with Gasteiger partial charge in [0.2, 0.25) is 5.91 Å². The molecule has 0 aromatic heterocycles. The van der Waals surface area contributed by atoms with Crippen molar-refractivity contribution in [2.24, 2.45) is 0 Å². The Bertz CT molecular complexity index is 1340. The van der Waals surface area contributed by atoms with Crippen molar-refractivity contribution in [3.8, 4) is 5.75 Å². The van der Waals surface area contributed by atoms with Crippen molar-refractivity contribution in [1.82, 2.24) is 10.6 Å². The van der Waals surface area contributed by atoms with Crippen LogP contribution in [0.25, 0.3) is 0 Å². The number of carbonyl (C=O) groups is 1. The molecule has 0 saturated carbocycles. The van der Waals surface area contributed by atoms with Crippen molar-refractivity contribution < 1.29 is 19.8 Å². The van der Waals surface area contributed by atoms with Crippen LogP contribution in [0.5, 0.6) is 5.75 Å². The van der Waals surface area contributed by atoms with Gasteiger partial charge < -0.3 is 25.6 Å². The molecule has 0 aliphatic rings. The highest BCUT2D eigenvalue weighted by Crippen LogP contribution is 2.44. The van der Waals surface area contributed by atoms with E-state index in [1.54, 1.807) is 24.3 Å². The zero-order valence-corrected chi connectivity index (χ0v) is 27.7. The quantitative estimate of drug-likeness (QED) is 0.127. The average molecular weight is 632 g/mol. The third-order valence-electron chi connectivity index (χ3n) is 8.29. The molecule has 5 N–H and O–H groups in total. The van der Waals surface area contributed by atoms with E-state index in [-0.39, 0.29) is 48.2 Å². The Kier molecular flexibility index (Phi) is 12.1. The molecule has 2 atom stereocenters. The molecule has 1 amide bonds. The summed E-state index contributed by atoms with van der Waals surface area (Å²) in [5, 5.41) is 27.2. The number of aliphatic hydroxyl groups is 1. The first kappa shape index (κ1) is 34.1. The highest BCUT2D eigenvalue weighted by atomic mass is 35.5. The Hall–Kier alpha value is -2.39. The van der Waals surface area contributed by atoms with E-state index in [0.29, 0.717) is 27.7 Å². The molecule has 3 aromatic rings. The number of halogens is 2. The molecule has 6 nitrogen and oxygen atoms in total. The zero-order chi connectivity index (χ0) is 31.1. The Labute approximate surface area is 261 Å². The normalized spacial score (nSPS) is 13.5. The van der Waals surface area contributed by atoms with Crippen LogP contribution in [0.2, 0.25) is 28.2 Å². The van der Waals surface area contributed by atoms with Crippen molar-refractivity contribution in [3.63, 3.8) is 0 Å². The molecule has 0 aliphatic carbocycles. The van der Waals surface area contributed by atoms with Gasteiger partial charge in [0, 0.05) is 40.3 Å². The van der Waals surface area contributed by atoms with Gasteiger partial charge in [0.25, 0.3) is 0 Å². The zero-order valence-electron chi connectivity index (χ0n) is 25.2. The summed E-state index contributed by atoms with van der Waals surface area (Å²) in [6.45, 7) is 11.0. The number of phenols is 1. The van der Waals surface area contributed by atoms with E-state index >= 15 is 0 Å². The third-order valence-corrected chi connectivity index (χ3v) is 12.5. The lowest BCUT2D eigenvalue weighted by Gasteiger charge is -2.38. The van der Waals surface area contributed by atoms with Crippen molar-refractivity contribution in [2.75, 3.05) is 6.54 Å². The fourth-order valence-corrected chi connectivity index (χ4v) is 6.21. The summed E-state index contributed by atoms with van der Waals surface area (Å²) in [4.78, 5) is 23.6. The number of nitrogens with one attached hydrogen (secondary N) is 2. The number of aliphatic hydroxyl groups excluding tert-OH is 1. The second-order valence-electron chi connectivity index (χ2n) is 12.4. The van der Waals surface area contributed by atoms with Gasteiger partial charge in [-0.1, -0.05) is 73.4 Å². The first-order valence-electron chi connectivity index (χ1n) is 14.4. The fraction of sp³-hybridized carbons (Fsp3) is 0.424. The number of carbonyl (C=O) groups excluding carboxylic acids is 1. The van der Waals surface area contributed by atoms with Crippen LogP contribution in [0.1, 0.15) is 60.9 Å². The molecule has 0 aliphatic heterocycles. The second kappa shape index (κ2) is 14.9. The lowest BCUT2D eigenvalue weighted by atomic mass is 9.88. The molecular weight excluding hydrogens is 587 g/mol. The van der Waals surface area contributed by atoms with Gasteiger partial charge in [-0.15, -0.1) is 0 Å². The van der Waals surface area contributed by atoms with Gasteiger partial charge >= 0.3 is 0 Å². The van der Waals surface area contributed by atoms with Crippen LogP contribution < -0.4 is 10.6 Å². The Balaban J connectivity index is 1.63. The van der Waals surface area contributed by atoms with Gasteiger partial charge in [0.05, 0.1) is 13.0 Å². The summed E-state index contributed by atoms with van der Waals surface area (Å²) in [5.74, 6) is 0.0545. The van der Waals surface area contributed by atoms with Gasteiger partial charge in [0.15, 0.2) is 8.32 Å². The van der Waals surface area contributed by atoms with Crippen molar-refractivity contribution in [2.45, 2.75) is 83.3 Å². The molecule has 0 saturated heterocycles. The molecule has 42 heavy (non-hydrogen) atoms. The fourth-order valence-electron chi connectivity index (χ4n) is 4.93. The molecular formula is C33H44Cl2N2O4Si. The topological polar surface area (TPSA) is 102 Å². The molecule has 9 heteroatoms. The van der Waals surface area contributed by atoms with E-state index in [1.165, 1.54) is 0 Å². The number of benzene rings is 3. The minimum absolute atomic E-state index is 0.0777. The van der Waals surface area contributed by atoms with Gasteiger partial charge in [0.1, 0.15) is 5.75 Å². The Morgan fingerprint density at radius 3 is 2.29 bits per heavy atom. The number of rotatable bonds is 14. The van der Waals surface area contributed by atoms with Crippen LogP contribution in [-0.2, 0) is 30.8 Å². The van der Waals surface area contributed by atoms with Crippen LogP contribution in [0, 0.1) is 0 Å². The predicted molar refractivity (Wildman–Crippen MR) is 175 cm³/mol. The SMILES string of the molecule is C[C@H](Cc1cccc(CC(=O)NCc2c(Cl)cccc2Cl)c1)NC[C@H](CC(C)(C)[Si](C)(C)O)c1ccc(O)c(CO)c1. The molecule has 3 rings (SSSR count). The highest BCUT2D eigenvalue weighted by molar-refractivity contribution is 6.72. The number of aromatic hydroxyl groups is 1. The number of hydrogen-bond donors (Lipinski definition) is 5. The van der Waals surface area contributed by atoms with Crippen molar-refractivity contribution in [3.05, 3.63) is 98.5 Å². The van der Waals surface area contributed by atoms with Crippen LogP contribution in [0.4, 0.5) is 0 Å². The lowest BCUT2D eigenvalue weighted by molar-refractivity contribution is -0.120. The summed E-state index contributed by atoms with van der Waals surface area (Å²) in [7, 11) is -2.45. The molecule has 0 fully saturated rings. The summed E-state index contributed by atoms with van der Waals surface area (Å²) < 4.78 is 0. The molecule has 0 radical (unpaired) electrons. The van der Waals surface area contributed by atoms with E-state index in [4.69, 9.17) is 23.2 Å². The van der Waals surface area contributed by atoms with Gasteiger partial charge in [-0.05, 0) is 84.8 Å². The van der Waals surface area contributed by atoms with Crippen LogP contribution in [0.3, 0.4) is 0 Å². The second-order valence-corrected chi connectivity index (χ2v) is 17.7. The van der Waals surface area contributed by atoms with Gasteiger partial charge in [-0.3, -0.25) is 4.79 Å². The summed E-state index contributed by atoms with van der Waals surface area (Å²) >= 11 is 12.4. The summed E-state index contributed by atoms with van der Waals surface area (Å²) in [6, 6.07) is 18.9. The van der Waals surface area contributed by atoms with E-state index in [1.807, 2.05) is 37.4 Å². The lowest BCUT2D eigenvalue weighted by Crippen LogP contribution is -2.41. The number of hydrogen-bond acceptors (Lipinski definition) is 5. The maximum absolute atomic E-state index is 12.6. The third kappa shape index (κ3) is 9.56. The smallest absolute Gasteiger partial charge is 0.224 e. The monoisotopic (exact) mass is 630 g/mol. The largest absolute Gasteiger partial charge is 0.508 e. The van der Waals surface area contributed by atoms with Crippen LogP contribution >= 0.6 is 23.2 Å². The maximum atomic E-state index is 12.6. The Morgan fingerprint density at radius 2 is 1.64 bits per heavy atom. The van der Waals surface area contributed by atoms with Crippen LogP contribution in [-0.4, -0.2) is 41.8 Å². The summed E-state index contributed by atoms with van der Waals surface area (Å²) in [5.41, 5.74) is 4.28.